The number of carbonyl (C=O) groups is 2. The molecule has 0 unspecified atom stereocenters. The van der Waals surface area contributed by atoms with Crippen molar-refractivity contribution in [2.24, 2.45) is 0 Å². The average Bonchev–Trinajstić information content (AvgIpc) is 2.95. The molecule has 0 aliphatic heterocycles. The third-order valence-electron chi connectivity index (χ3n) is 3.40. The topological polar surface area (TPSA) is 65.7 Å². The van der Waals surface area contributed by atoms with E-state index in [1.165, 1.54) is 14.2 Å². The van der Waals surface area contributed by atoms with Crippen molar-refractivity contribution in [3.05, 3.63) is 47.2 Å². The molecule has 2 rings (SSSR count). The molecule has 0 amide bonds. The predicted octanol–water partition coefficient (Wildman–Crippen LogP) is 3.82. The second-order valence-corrected chi connectivity index (χ2v) is 6.11. The van der Waals surface area contributed by atoms with Crippen molar-refractivity contribution in [2.45, 2.75) is 26.2 Å². The first-order valence-electron chi connectivity index (χ1n) is 7.20. The molecule has 5 nitrogen and oxygen atoms in total. The second kappa shape index (κ2) is 6.28. The molecule has 122 valence electrons. The first kappa shape index (κ1) is 16.8. The Balaban J connectivity index is 2.84. The Bertz CT molecular complexity index is 720. The molecule has 0 radical (unpaired) electrons. The van der Waals surface area contributed by atoms with E-state index in [4.69, 9.17) is 13.9 Å². The van der Waals surface area contributed by atoms with Crippen LogP contribution in [0.15, 0.2) is 34.7 Å². The largest absolute Gasteiger partial charge is 0.465 e. The van der Waals surface area contributed by atoms with Crippen LogP contribution >= 0.6 is 0 Å². The number of esters is 2. The van der Waals surface area contributed by atoms with Gasteiger partial charge in [0.15, 0.2) is 0 Å². The van der Waals surface area contributed by atoms with Crippen LogP contribution < -0.4 is 0 Å². The zero-order chi connectivity index (χ0) is 17.2. The Kier molecular flexibility index (Phi) is 4.59. The lowest BCUT2D eigenvalue weighted by Crippen LogP contribution is -2.18. The van der Waals surface area contributed by atoms with Crippen molar-refractivity contribution in [1.82, 2.24) is 0 Å². The maximum atomic E-state index is 12.3. The fourth-order valence-electron chi connectivity index (χ4n) is 2.35. The molecule has 0 saturated heterocycles. The normalized spacial score (nSPS) is 11.2. The van der Waals surface area contributed by atoms with Crippen LogP contribution in [0.2, 0.25) is 0 Å². The summed E-state index contributed by atoms with van der Waals surface area (Å²) in [5, 5.41) is 0. The van der Waals surface area contributed by atoms with Crippen molar-refractivity contribution >= 4 is 11.9 Å². The van der Waals surface area contributed by atoms with Gasteiger partial charge in [-0.2, -0.15) is 0 Å². The van der Waals surface area contributed by atoms with Crippen molar-refractivity contribution in [3.63, 3.8) is 0 Å². The van der Waals surface area contributed by atoms with Crippen LogP contribution in [-0.2, 0) is 14.9 Å². The number of rotatable bonds is 3. The molecular formula is C18H20O5. The van der Waals surface area contributed by atoms with E-state index in [0.717, 1.165) is 0 Å². The van der Waals surface area contributed by atoms with E-state index < -0.39 is 17.4 Å². The van der Waals surface area contributed by atoms with Crippen molar-refractivity contribution in [1.29, 1.82) is 0 Å². The van der Waals surface area contributed by atoms with Crippen molar-refractivity contribution in [3.8, 4) is 11.3 Å². The molecule has 1 heterocycles. The molecule has 5 heteroatoms. The van der Waals surface area contributed by atoms with Gasteiger partial charge in [-0.1, -0.05) is 51.1 Å². The van der Waals surface area contributed by atoms with Crippen molar-refractivity contribution in [2.75, 3.05) is 14.2 Å². The van der Waals surface area contributed by atoms with Gasteiger partial charge in [0, 0.05) is 11.0 Å². The predicted molar refractivity (Wildman–Crippen MR) is 85.5 cm³/mol. The Labute approximate surface area is 135 Å². The quantitative estimate of drug-likeness (QED) is 0.805. The maximum Gasteiger partial charge on any atom is 0.342 e. The summed E-state index contributed by atoms with van der Waals surface area (Å²) in [4.78, 5) is 24.6. The highest BCUT2D eigenvalue weighted by Gasteiger charge is 2.36. The lowest BCUT2D eigenvalue weighted by atomic mass is 9.89. The maximum absolute atomic E-state index is 12.3. The molecule has 0 aliphatic carbocycles. The zero-order valence-corrected chi connectivity index (χ0v) is 13.9. The molecule has 0 bridgehead atoms. The van der Waals surface area contributed by atoms with Crippen LogP contribution in [0.5, 0.6) is 0 Å². The number of methoxy groups -OCH3 is 2. The summed E-state index contributed by atoms with van der Waals surface area (Å²) in [7, 11) is 2.53. The van der Waals surface area contributed by atoms with Gasteiger partial charge in [-0.05, 0) is 0 Å². The Morgan fingerprint density at radius 3 is 1.91 bits per heavy atom. The van der Waals surface area contributed by atoms with Gasteiger partial charge in [-0.25, -0.2) is 9.59 Å². The minimum Gasteiger partial charge on any atom is -0.465 e. The SMILES string of the molecule is COC(=O)c1c(-c2ccccc2)oc(C(C)(C)C)c1C(=O)OC. The summed E-state index contributed by atoms with van der Waals surface area (Å²) in [5.74, 6) is -0.559. The van der Waals surface area contributed by atoms with Crippen LogP contribution in [0.4, 0.5) is 0 Å². The lowest BCUT2D eigenvalue weighted by Gasteiger charge is -2.16. The molecule has 23 heavy (non-hydrogen) atoms. The fourth-order valence-corrected chi connectivity index (χ4v) is 2.35. The lowest BCUT2D eigenvalue weighted by molar-refractivity contribution is 0.0555. The van der Waals surface area contributed by atoms with Gasteiger partial charge in [0.2, 0.25) is 0 Å². The Morgan fingerprint density at radius 2 is 1.43 bits per heavy atom. The highest BCUT2D eigenvalue weighted by molar-refractivity contribution is 6.08. The standard InChI is InChI=1S/C18H20O5/c1-18(2,3)15-13(17(20)22-5)12(16(19)21-4)14(23-15)11-9-7-6-8-10-11/h6-10H,1-5H3. The van der Waals surface area contributed by atoms with Gasteiger partial charge in [0.25, 0.3) is 0 Å². The molecular weight excluding hydrogens is 296 g/mol. The monoisotopic (exact) mass is 316 g/mol. The molecule has 0 aliphatic rings. The summed E-state index contributed by atoms with van der Waals surface area (Å²) < 4.78 is 15.6. The van der Waals surface area contributed by atoms with Gasteiger partial charge in [0.05, 0.1) is 14.2 Å². The second-order valence-electron chi connectivity index (χ2n) is 6.11. The summed E-state index contributed by atoms with van der Waals surface area (Å²) >= 11 is 0. The van der Waals surface area contributed by atoms with Gasteiger partial charge in [0.1, 0.15) is 22.6 Å². The van der Waals surface area contributed by atoms with Crippen LogP contribution in [0.1, 0.15) is 47.2 Å². The third-order valence-corrected chi connectivity index (χ3v) is 3.40. The number of hydrogen-bond donors (Lipinski definition) is 0. The average molecular weight is 316 g/mol. The first-order valence-corrected chi connectivity index (χ1v) is 7.20. The summed E-state index contributed by atoms with van der Waals surface area (Å²) in [6, 6.07) is 9.12. The van der Waals surface area contributed by atoms with Gasteiger partial charge >= 0.3 is 11.9 Å². The van der Waals surface area contributed by atoms with Crippen LogP contribution in [0.3, 0.4) is 0 Å². The van der Waals surface area contributed by atoms with Crippen LogP contribution in [-0.4, -0.2) is 26.2 Å². The minimum atomic E-state index is -0.636. The third kappa shape index (κ3) is 3.13. The molecule has 0 N–H and O–H groups in total. The Morgan fingerprint density at radius 1 is 0.913 bits per heavy atom. The smallest absolute Gasteiger partial charge is 0.342 e. The van der Waals surface area contributed by atoms with Crippen LogP contribution in [0.25, 0.3) is 11.3 Å². The molecule has 0 fully saturated rings. The number of benzene rings is 1. The fraction of sp³-hybridized carbons (Fsp3) is 0.333. The molecule has 0 spiro atoms. The van der Waals surface area contributed by atoms with Gasteiger partial charge < -0.3 is 13.9 Å². The number of ether oxygens (including phenoxy) is 2. The molecule has 0 saturated carbocycles. The van der Waals surface area contributed by atoms with Crippen molar-refractivity contribution < 1.29 is 23.5 Å². The number of hydrogen-bond acceptors (Lipinski definition) is 5. The molecule has 2 aromatic rings. The highest BCUT2D eigenvalue weighted by atomic mass is 16.5. The van der Waals surface area contributed by atoms with E-state index in [1.54, 1.807) is 12.1 Å². The van der Waals surface area contributed by atoms with Crippen LogP contribution in [0, 0.1) is 0 Å². The van der Waals surface area contributed by atoms with Gasteiger partial charge in [-0.3, -0.25) is 0 Å². The van der Waals surface area contributed by atoms with E-state index in [-0.39, 0.29) is 11.1 Å². The van der Waals surface area contributed by atoms with E-state index in [0.29, 0.717) is 17.1 Å². The summed E-state index contributed by atoms with van der Waals surface area (Å²) in [5.41, 5.74) is 0.411. The minimum absolute atomic E-state index is 0.0930. The van der Waals surface area contributed by atoms with E-state index in [9.17, 15) is 9.59 Å². The number of carbonyl (C=O) groups excluding carboxylic acids is 2. The van der Waals surface area contributed by atoms with E-state index >= 15 is 0 Å². The number of furan rings is 1. The van der Waals surface area contributed by atoms with E-state index in [2.05, 4.69) is 0 Å². The molecule has 1 aromatic heterocycles. The highest BCUT2D eigenvalue weighted by Crippen LogP contribution is 2.38. The zero-order valence-electron chi connectivity index (χ0n) is 13.9. The molecule has 1 aromatic carbocycles. The van der Waals surface area contributed by atoms with Gasteiger partial charge in [-0.15, -0.1) is 0 Å². The first-order chi connectivity index (χ1) is 10.8. The molecule has 0 atom stereocenters. The Hall–Kier alpha value is -2.56. The summed E-state index contributed by atoms with van der Waals surface area (Å²) in [6.07, 6.45) is 0. The van der Waals surface area contributed by atoms with E-state index in [1.807, 2.05) is 39.0 Å². The summed E-state index contributed by atoms with van der Waals surface area (Å²) in [6.45, 7) is 5.69.